The maximum Gasteiger partial charge on any atom is 0.267 e. The second-order valence-electron chi connectivity index (χ2n) is 9.88. The van der Waals surface area contributed by atoms with Crippen molar-refractivity contribution in [2.45, 2.75) is 46.1 Å². The zero-order valence-corrected chi connectivity index (χ0v) is 23.6. The summed E-state index contributed by atoms with van der Waals surface area (Å²) in [5.41, 5.74) is 6.99. The molecule has 1 saturated heterocycles. The van der Waals surface area contributed by atoms with Gasteiger partial charge in [0, 0.05) is 16.3 Å². The Morgan fingerprint density at radius 3 is 2.49 bits per heavy atom. The van der Waals surface area contributed by atoms with E-state index in [1.165, 1.54) is 28.6 Å². The molecule has 0 saturated carbocycles. The molecule has 0 bridgehead atoms. The summed E-state index contributed by atoms with van der Waals surface area (Å²) in [5.74, 6) is -0.0485. The largest absolute Gasteiger partial charge is 0.308 e. The van der Waals surface area contributed by atoms with Crippen molar-refractivity contribution in [3.63, 3.8) is 0 Å². The number of amides is 1. The molecule has 1 amide bonds. The van der Waals surface area contributed by atoms with Gasteiger partial charge in [-0.05, 0) is 92.3 Å². The minimum atomic E-state index is -0.0485. The molecule has 0 radical (unpaired) electrons. The average Bonchev–Trinajstić information content (AvgIpc) is 3.56. The van der Waals surface area contributed by atoms with Crippen LogP contribution in [-0.2, 0) is 24.2 Å². The maximum atomic E-state index is 13.7. The van der Waals surface area contributed by atoms with Crippen molar-refractivity contribution in [1.29, 1.82) is 5.26 Å². The van der Waals surface area contributed by atoms with E-state index < -0.39 is 0 Å². The lowest BCUT2D eigenvalue weighted by atomic mass is 9.96. The molecule has 5 nitrogen and oxygen atoms in total. The van der Waals surface area contributed by atoms with Gasteiger partial charge in [-0.1, -0.05) is 48.5 Å². The normalized spacial score (nSPS) is 17.2. The number of fused-ring (bicyclic) bond motifs is 1. The minimum Gasteiger partial charge on any atom is -0.308 e. The van der Waals surface area contributed by atoms with Gasteiger partial charge in [-0.3, -0.25) is 9.69 Å². The number of amidine groups is 1. The number of para-hydroxylation sites is 1. The summed E-state index contributed by atoms with van der Waals surface area (Å²) in [6, 6.07) is 24.4. The highest BCUT2D eigenvalue weighted by atomic mass is 32.2. The minimum absolute atomic E-state index is 0.0485. The van der Waals surface area contributed by atoms with E-state index in [2.05, 4.69) is 30.6 Å². The zero-order valence-electron chi connectivity index (χ0n) is 22.0. The molecule has 0 spiro atoms. The number of benzene rings is 2. The van der Waals surface area contributed by atoms with Crippen LogP contribution in [0, 0.1) is 25.2 Å². The van der Waals surface area contributed by atoms with E-state index in [-0.39, 0.29) is 5.91 Å². The number of carbonyl (C=O) groups excluding carboxylic acids is 1. The van der Waals surface area contributed by atoms with Gasteiger partial charge in [0.2, 0.25) is 0 Å². The lowest BCUT2D eigenvalue weighted by Gasteiger charge is -2.15. The molecule has 1 aliphatic carbocycles. The first-order valence-electron chi connectivity index (χ1n) is 13.2. The molecule has 2 aromatic heterocycles. The first kappa shape index (κ1) is 25.4. The fourth-order valence-corrected chi connectivity index (χ4v) is 7.76. The predicted molar refractivity (Wildman–Crippen MR) is 161 cm³/mol. The fourth-order valence-electron chi connectivity index (χ4n) is 5.32. The fraction of sp³-hybridized carbons (Fsp3) is 0.219. The van der Waals surface area contributed by atoms with Crippen LogP contribution in [0.1, 0.15) is 51.4 Å². The van der Waals surface area contributed by atoms with Crippen LogP contribution in [0.2, 0.25) is 0 Å². The van der Waals surface area contributed by atoms with Crippen LogP contribution in [0.4, 0.5) is 5.69 Å². The number of aliphatic imine (C=N–C) groups is 1. The van der Waals surface area contributed by atoms with Crippen molar-refractivity contribution in [2.24, 2.45) is 4.99 Å². The molecule has 194 valence electrons. The smallest absolute Gasteiger partial charge is 0.267 e. The highest BCUT2D eigenvalue weighted by molar-refractivity contribution is 8.18. The van der Waals surface area contributed by atoms with E-state index in [0.29, 0.717) is 16.6 Å². The molecule has 0 unspecified atom stereocenters. The average molecular weight is 549 g/mol. The van der Waals surface area contributed by atoms with Gasteiger partial charge in [0.25, 0.3) is 5.91 Å². The third-order valence-electron chi connectivity index (χ3n) is 7.28. The number of carbonyl (C=O) groups is 1. The number of thiophene rings is 1. The van der Waals surface area contributed by atoms with Gasteiger partial charge < -0.3 is 4.57 Å². The predicted octanol–water partition coefficient (Wildman–Crippen LogP) is 7.71. The van der Waals surface area contributed by atoms with E-state index in [1.54, 1.807) is 16.2 Å². The van der Waals surface area contributed by atoms with Crippen molar-refractivity contribution in [3.05, 3.63) is 110 Å². The second kappa shape index (κ2) is 10.7. The Labute approximate surface area is 237 Å². The SMILES string of the molecule is Cc1cc(/C=C2\SC(=Nc3ccccc3)N(Cc3ccccc3)C2=O)c(C)n1-c1sc2c(c1C#N)CCCC2. The molecule has 7 heteroatoms. The van der Waals surface area contributed by atoms with E-state index in [0.717, 1.165) is 58.0 Å². The topological polar surface area (TPSA) is 61.4 Å². The molecule has 2 aromatic carbocycles. The maximum absolute atomic E-state index is 13.7. The Morgan fingerprint density at radius 2 is 1.74 bits per heavy atom. The molecule has 0 atom stereocenters. The number of rotatable bonds is 5. The third-order valence-corrected chi connectivity index (χ3v) is 9.56. The molecule has 4 aromatic rings. The molecule has 0 N–H and O–H groups in total. The first-order chi connectivity index (χ1) is 19.0. The van der Waals surface area contributed by atoms with Gasteiger partial charge in [-0.2, -0.15) is 5.26 Å². The number of nitrogens with zero attached hydrogens (tertiary/aromatic N) is 4. The lowest BCUT2D eigenvalue weighted by Crippen LogP contribution is -2.28. The highest BCUT2D eigenvalue weighted by Gasteiger charge is 2.34. The van der Waals surface area contributed by atoms with Crippen molar-refractivity contribution < 1.29 is 4.79 Å². The number of hydrogen-bond acceptors (Lipinski definition) is 5. The summed E-state index contributed by atoms with van der Waals surface area (Å²) < 4.78 is 2.19. The number of hydrogen-bond donors (Lipinski definition) is 0. The summed E-state index contributed by atoms with van der Waals surface area (Å²) in [6.45, 7) is 4.60. The number of nitriles is 1. The first-order valence-corrected chi connectivity index (χ1v) is 14.8. The van der Waals surface area contributed by atoms with Gasteiger partial charge in [-0.15, -0.1) is 11.3 Å². The molecule has 6 rings (SSSR count). The standard InChI is InChI=1S/C32H28N4OS2/c1-21-17-24(22(2)36(21)31-27(19-33)26-15-9-10-16-28(26)38-31)18-29-30(37)35(20-23-11-5-3-6-12-23)32(39-29)34-25-13-7-4-8-14-25/h3-8,11-14,17-18H,9-10,15-16,20H2,1-2H3/b29-18-,34-32?. The zero-order chi connectivity index (χ0) is 26.9. The van der Waals surface area contributed by atoms with Gasteiger partial charge in [0.15, 0.2) is 5.17 Å². The number of aromatic nitrogens is 1. The Bertz CT molecular complexity index is 1660. The van der Waals surface area contributed by atoms with E-state index in [9.17, 15) is 10.1 Å². The van der Waals surface area contributed by atoms with E-state index >= 15 is 0 Å². The molecule has 39 heavy (non-hydrogen) atoms. The summed E-state index contributed by atoms with van der Waals surface area (Å²) in [6.07, 6.45) is 6.35. The summed E-state index contributed by atoms with van der Waals surface area (Å²) in [7, 11) is 0. The van der Waals surface area contributed by atoms with Crippen molar-refractivity contribution >= 4 is 45.9 Å². The van der Waals surface area contributed by atoms with Crippen molar-refractivity contribution in [1.82, 2.24) is 9.47 Å². The summed E-state index contributed by atoms with van der Waals surface area (Å²) in [4.78, 5) is 22.3. The van der Waals surface area contributed by atoms with Crippen LogP contribution in [-0.4, -0.2) is 20.5 Å². The molecule has 3 heterocycles. The lowest BCUT2D eigenvalue weighted by molar-refractivity contribution is -0.122. The molecule has 1 aliphatic heterocycles. The van der Waals surface area contributed by atoms with Crippen LogP contribution in [0.5, 0.6) is 0 Å². The van der Waals surface area contributed by atoms with Crippen LogP contribution in [0.3, 0.4) is 0 Å². The van der Waals surface area contributed by atoms with Crippen LogP contribution < -0.4 is 0 Å². The van der Waals surface area contributed by atoms with Gasteiger partial charge in [-0.25, -0.2) is 4.99 Å². The highest BCUT2D eigenvalue weighted by Crippen LogP contribution is 2.40. The van der Waals surface area contributed by atoms with Crippen molar-refractivity contribution in [3.8, 4) is 11.1 Å². The summed E-state index contributed by atoms with van der Waals surface area (Å²) in [5, 5.41) is 11.7. The van der Waals surface area contributed by atoms with Gasteiger partial charge >= 0.3 is 0 Å². The Hall–Kier alpha value is -3.86. The molecule has 1 fully saturated rings. The Balaban J connectivity index is 1.39. The molecular formula is C32H28N4OS2. The van der Waals surface area contributed by atoms with Crippen LogP contribution in [0.25, 0.3) is 11.1 Å². The molecular weight excluding hydrogens is 521 g/mol. The third kappa shape index (κ3) is 4.87. The Morgan fingerprint density at radius 1 is 1.03 bits per heavy atom. The number of thioether (sulfide) groups is 1. The monoisotopic (exact) mass is 548 g/mol. The van der Waals surface area contributed by atoms with Gasteiger partial charge in [0.05, 0.1) is 22.7 Å². The number of aryl methyl sites for hydroxylation is 2. The van der Waals surface area contributed by atoms with E-state index in [4.69, 9.17) is 4.99 Å². The quantitative estimate of drug-likeness (QED) is 0.240. The van der Waals surface area contributed by atoms with E-state index in [1.807, 2.05) is 66.7 Å². The van der Waals surface area contributed by atoms with Crippen molar-refractivity contribution in [2.75, 3.05) is 0 Å². The van der Waals surface area contributed by atoms with Crippen LogP contribution in [0.15, 0.2) is 76.6 Å². The summed E-state index contributed by atoms with van der Waals surface area (Å²) >= 11 is 3.16. The van der Waals surface area contributed by atoms with Crippen LogP contribution >= 0.6 is 23.1 Å². The Kier molecular flexibility index (Phi) is 6.99. The van der Waals surface area contributed by atoms with Gasteiger partial charge in [0.1, 0.15) is 11.1 Å². The second-order valence-corrected chi connectivity index (χ2v) is 12.0. The molecule has 2 aliphatic rings.